The van der Waals surface area contributed by atoms with Gasteiger partial charge in [-0.15, -0.1) is 11.3 Å². The number of pyridine rings is 1. The summed E-state index contributed by atoms with van der Waals surface area (Å²) < 4.78 is 0. The van der Waals surface area contributed by atoms with Gasteiger partial charge in [0, 0.05) is 29.1 Å². The number of carbonyl (C=O) groups is 1. The monoisotopic (exact) mass is 297 g/mol. The smallest absolute Gasteiger partial charge is 0.253 e. The lowest BCUT2D eigenvalue weighted by molar-refractivity contribution is 0.0784. The van der Waals surface area contributed by atoms with E-state index in [9.17, 15) is 4.79 Å². The molecule has 2 heterocycles. The van der Waals surface area contributed by atoms with Crippen LogP contribution in [0.25, 0.3) is 10.9 Å². The number of hydrogen-bond donors (Lipinski definition) is 0. The van der Waals surface area contributed by atoms with Crippen molar-refractivity contribution in [2.45, 2.75) is 13.5 Å². The Morgan fingerprint density at radius 2 is 2.14 bits per heavy atom. The zero-order valence-electron chi connectivity index (χ0n) is 11.9. The number of aryl methyl sites for hydroxylation is 1. The lowest BCUT2D eigenvalue weighted by Crippen LogP contribution is -2.26. The molecule has 5 heteroatoms. The van der Waals surface area contributed by atoms with Gasteiger partial charge in [0.2, 0.25) is 0 Å². The van der Waals surface area contributed by atoms with Crippen LogP contribution < -0.4 is 0 Å². The van der Waals surface area contributed by atoms with E-state index in [0.29, 0.717) is 12.1 Å². The third kappa shape index (κ3) is 2.92. The standard InChI is InChI=1S/C16H15N3OS/c1-11-3-4-12-7-13(5-6-15(12)18-11)16(20)19(2)8-14-9-21-10-17-14/h3-7,9-10H,8H2,1-2H3. The lowest BCUT2D eigenvalue weighted by Gasteiger charge is -2.16. The fourth-order valence-corrected chi connectivity index (χ4v) is 2.76. The van der Waals surface area contributed by atoms with Crippen molar-refractivity contribution in [3.8, 4) is 0 Å². The van der Waals surface area contributed by atoms with Crippen LogP contribution in [0.15, 0.2) is 41.2 Å². The minimum atomic E-state index is -0.00882. The maximum Gasteiger partial charge on any atom is 0.253 e. The van der Waals surface area contributed by atoms with E-state index in [0.717, 1.165) is 22.3 Å². The van der Waals surface area contributed by atoms with Gasteiger partial charge in [0.15, 0.2) is 0 Å². The van der Waals surface area contributed by atoms with E-state index in [-0.39, 0.29) is 5.91 Å². The van der Waals surface area contributed by atoms with Gasteiger partial charge in [-0.3, -0.25) is 9.78 Å². The van der Waals surface area contributed by atoms with Gasteiger partial charge >= 0.3 is 0 Å². The van der Waals surface area contributed by atoms with Crippen molar-refractivity contribution in [1.29, 1.82) is 0 Å². The first kappa shape index (κ1) is 13.7. The molecule has 21 heavy (non-hydrogen) atoms. The molecule has 0 aliphatic heterocycles. The molecule has 0 aliphatic rings. The van der Waals surface area contributed by atoms with Crippen LogP contribution in [0.3, 0.4) is 0 Å². The fourth-order valence-electron chi connectivity index (χ4n) is 2.21. The molecular weight excluding hydrogens is 282 g/mol. The zero-order valence-corrected chi connectivity index (χ0v) is 12.7. The average molecular weight is 297 g/mol. The van der Waals surface area contributed by atoms with Crippen molar-refractivity contribution in [3.05, 3.63) is 58.2 Å². The van der Waals surface area contributed by atoms with Gasteiger partial charge in [0.25, 0.3) is 5.91 Å². The number of hydrogen-bond acceptors (Lipinski definition) is 4. The molecular formula is C16H15N3OS. The van der Waals surface area contributed by atoms with Crippen LogP contribution in [0.2, 0.25) is 0 Å². The van der Waals surface area contributed by atoms with Crippen LogP contribution in [-0.2, 0) is 6.54 Å². The number of aromatic nitrogens is 2. The summed E-state index contributed by atoms with van der Waals surface area (Å²) in [5, 5.41) is 2.94. The first-order valence-corrected chi connectivity index (χ1v) is 7.58. The second-order valence-electron chi connectivity index (χ2n) is 5.00. The van der Waals surface area contributed by atoms with E-state index in [4.69, 9.17) is 0 Å². The van der Waals surface area contributed by atoms with Gasteiger partial charge < -0.3 is 4.90 Å². The van der Waals surface area contributed by atoms with E-state index >= 15 is 0 Å². The molecule has 0 fully saturated rings. The van der Waals surface area contributed by atoms with Crippen LogP contribution in [0.5, 0.6) is 0 Å². The molecule has 0 spiro atoms. The Morgan fingerprint density at radius 1 is 1.29 bits per heavy atom. The fraction of sp³-hybridized carbons (Fsp3) is 0.188. The quantitative estimate of drug-likeness (QED) is 0.745. The van der Waals surface area contributed by atoms with Crippen molar-refractivity contribution < 1.29 is 4.79 Å². The van der Waals surface area contributed by atoms with Crippen LogP contribution in [0, 0.1) is 6.92 Å². The third-order valence-corrected chi connectivity index (χ3v) is 3.94. The van der Waals surface area contributed by atoms with Gasteiger partial charge in [-0.25, -0.2) is 4.98 Å². The molecule has 3 rings (SSSR count). The van der Waals surface area contributed by atoms with Gasteiger partial charge in [-0.1, -0.05) is 6.07 Å². The van der Waals surface area contributed by atoms with Gasteiger partial charge in [0.1, 0.15) is 0 Å². The molecule has 106 valence electrons. The number of carbonyl (C=O) groups excluding carboxylic acids is 1. The Hall–Kier alpha value is -2.27. The van der Waals surface area contributed by atoms with Crippen molar-refractivity contribution in [2.75, 3.05) is 7.05 Å². The van der Waals surface area contributed by atoms with E-state index in [1.54, 1.807) is 17.5 Å². The largest absolute Gasteiger partial charge is 0.336 e. The highest BCUT2D eigenvalue weighted by molar-refractivity contribution is 7.07. The average Bonchev–Trinajstić information content (AvgIpc) is 2.98. The molecule has 0 bridgehead atoms. The Bertz CT molecular complexity index is 783. The van der Waals surface area contributed by atoms with Crippen molar-refractivity contribution in [1.82, 2.24) is 14.9 Å². The summed E-state index contributed by atoms with van der Waals surface area (Å²) in [6, 6.07) is 9.56. The zero-order chi connectivity index (χ0) is 14.8. The van der Waals surface area contributed by atoms with Crippen LogP contribution in [-0.4, -0.2) is 27.8 Å². The predicted octanol–water partition coefficient (Wildman–Crippen LogP) is 3.27. The van der Waals surface area contributed by atoms with Crippen molar-refractivity contribution in [3.63, 3.8) is 0 Å². The Kier molecular flexibility index (Phi) is 3.66. The first-order chi connectivity index (χ1) is 10.1. The number of nitrogens with zero attached hydrogens (tertiary/aromatic N) is 3. The lowest BCUT2D eigenvalue weighted by atomic mass is 10.1. The molecule has 0 radical (unpaired) electrons. The van der Waals surface area contributed by atoms with Crippen LogP contribution >= 0.6 is 11.3 Å². The number of amides is 1. The second-order valence-corrected chi connectivity index (χ2v) is 5.72. The molecule has 4 nitrogen and oxygen atoms in total. The molecule has 1 amide bonds. The van der Waals surface area contributed by atoms with E-state index in [1.165, 1.54) is 11.3 Å². The van der Waals surface area contributed by atoms with E-state index in [2.05, 4.69) is 9.97 Å². The van der Waals surface area contributed by atoms with Crippen LogP contribution in [0.4, 0.5) is 0 Å². The molecule has 1 aromatic carbocycles. The minimum absolute atomic E-state index is 0.00882. The summed E-state index contributed by atoms with van der Waals surface area (Å²) in [4.78, 5) is 22.8. The summed E-state index contributed by atoms with van der Waals surface area (Å²) in [6.07, 6.45) is 0. The van der Waals surface area contributed by atoms with Crippen molar-refractivity contribution in [2.24, 2.45) is 0 Å². The minimum Gasteiger partial charge on any atom is -0.336 e. The molecule has 2 aromatic heterocycles. The number of benzene rings is 1. The first-order valence-electron chi connectivity index (χ1n) is 6.63. The normalized spacial score (nSPS) is 10.8. The van der Waals surface area contributed by atoms with Crippen LogP contribution in [0.1, 0.15) is 21.7 Å². The Morgan fingerprint density at radius 3 is 2.90 bits per heavy atom. The molecule has 0 N–H and O–H groups in total. The number of rotatable bonds is 3. The topological polar surface area (TPSA) is 46.1 Å². The van der Waals surface area contributed by atoms with Gasteiger partial charge in [0.05, 0.1) is 23.3 Å². The Balaban J connectivity index is 1.85. The van der Waals surface area contributed by atoms with E-state index in [1.807, 2.05) is 42.6 Å². The molecule has 0 aliphatic carbocycles. The molecule has 0 saturated carbocycles. The van der Waals surface area contributed by atoms with Gasteiger partial charge in [-0.2, -0.15) is 0 Å². The summed E-state index contributed by atoms with van der Waals surface area (Å²) >= 11 is 1.53. The third-order valence-electron chi connectivity index (χ3n) is 3.30. The second kappa shape index (κ2) is 5.61. The van der Waals surface area contributed by atoms with E-state index < -0.39 is 0 Å². The number of thiazole rings is 1. The summed E-state index contributed by atoms with van der Waals surface area (Å²) in [6.45, 7) is 2.48. The molecule has 0 atom stereocenters. The highest BCUT2D eigenvalue weighted by atomic mass is 32.1. The summed E-state index contributed by atoms with van der Waals surface area (Å²) in [7, 11) is 1.79. The SMILES string of the molecule is Cc1ccc2cc(C(=O)N(C)Cc3cscn3)ccc2n1. The Labute approximate surface area is 127 Å². The summed E-state index contributed by atoms with van der Waals surface area (Å²) in [5.41, 5.74) is 5.24. The highest BCUT2D eigenvalue weighted by Crippen LogP contribution is 2.16. The molecule has 0 unspecified atom stereocenters. The van der Waals surface area contributed by atoms with Crippen molar-refractivity contribution >= 4 is 28.1 Å². The summed E-state index contributed by atoms with van der Waals surface area (Å²) in [5.74, 6) is -0.00882. The maximum atomic E-state index is 12.5. The number of fused-ring (bicyclic) bond motifs is 1. The predicted molar refractivity (Wildman–Crippen MR) is 84.4 cm³/mol. The highest BCUT2D eigenvalue weighted by Gasteiger charge is 2.13. The van der Waals surface area contributed by atoms with Gasteiger partial charge in [-0.05, 0) is 31.2 Å². The maximum absolute atomic E-state index is 12.5. The molecule has 3 aromatic rings. The molecule has 0 saturated heterocycles.